The van der Waals surface area contributed by atoms with E-state index >= 15 is 0 Å². The van der Waals surface area contributed by atoms with Gasteiger partial charge in [-0.3, -0.25) is 9.59 Å². The van der Waals surface area contributed by atoms with E-state index in [2.05, 4.69) is 10.6 Å². The smallest absolute Gasteiger partial charge is 0.872 e. The Kier molecular flexibility index (Phi) is 15.6. The number of amides is 2. The van der Waals surface area contributed by atoms with Crippen LogP contribution in [0.25, 0.3) is 12.2 Å². The molecule has 0 unspecified atom stereocenters. The maximum atomic E-state index is 11.7. The first kappa shape index (κ1) is 35.7. The fourth-order valence-corrected chi connectivity index (χ4v) is 3.54. The van der Waals surface area contributed by atoms with Gasteiger partial charge in [-0.1, -0.05) is 85.0 Å². The van der Waals surface area contributed by atoms with E-state index in [1.165, 1.54) is 12.2 Å². The van der Waals surface area contributed by atoms with E-state index in [1.54, 1.807) is 99.2 Å². The molecule has 2 N–H and O–H groups in total. The van der Waals surface area contributed by atoms with Crippen molar-refractivity contribution in [3.63, 3.8) is 0 Å². The third-order valence-corrected chi connectivity index (χ3v) is 5.74. The number of benzene rings is 4. The molecule has 0 saturated heterocycles. The minimum atomic E-state index is -0.449. The monoisotopic (exact) mass is 651 g/mol. The van der Waals surface area contributed by atoms with Crippen molar-refractivity contribution in [1.82, 2.24) is 0 Å². The molecule has 4 aromatic carbocycles. The van der Waals surface area contributed by atoms with Crippen LogP contribution in [-0.4, -0.2) is 26.0 Å². The zero-order valence-corrected chi connectivity index (χ0v) is 25.5. The van der Waals surface area contributed by atoms with Gasteiger partial charge in [0.25, 0.3) is 0 Å². The minimum absolute atomic E-state index is 0. The van der Waals surface area contributed by atoms with Crippen molar-refractivity contribution >= 4 is 35.3 Å². The Bertz CT molecular complexity index is 1480. The molecule has 0 aliphatic heterocycles. The second kappa shape index (κ2) is 19.6. The zero-order chi connectivity index (χ0) is 31.6. The van der Waals surface area contributed by atoms with Crippen LogP contribution in [0.5, 0.6) is 11.5 Å². The molecule has 233 valence electrons. The third kappa shape index (κ3) is 14.0. The van der Waals surface area contributed by atoms with E-state index in [-0.39, 0.29) is 28.6 Å². The molecule has 4 rings (SSSR count). The summed E-state index contributed by atoms with van der Waals surface area (Å²) in [5.74, 6) is -0.144. The summed E-state index contributed by atoms with van der Waals surface area (Å²) < 4.78 is 10.1. The number of hydrogen-bond donors (Lipinski definition) is 2. The number of carbonyl (C=O) groups is 2. The third-order valence-electron chi connectivity index (χ3n) is 5.74. The summed E-state index contributed by atoms with van der Waals surface area (Å²) in [6.45, 7) is 0. The molecule has 0 aliphatic rings. The van der Waals surface area contributed by atoms with Crippen molar-refractivity contribution in [3.05, 3.63) is 156 Å². The summed E-state index contributed by atoms with van der Waals surface area (Å²) in [6, 6.07) is 32.4. The zero-order valence-electron chi connectivity index (χ0n) is 24.6. The molecule has 8 nitrogen and oxygen atoms in total. The molecule has 0 spiro atoms. The predicted molar refractivity (Wildman–Crippen MR) is 170 cm³/mol. The SMILES string of the molecule is COc1ccc(/C=C/C([O-])=C/C(=O)Nc2ccccc2)cc1.COc1ccc(/C=C/C([O-])=C/C(=O)Nc2ccccc2)cc1.[Cu+2]. The van der Waals surface area contributed by atoms with E-state index in [0.29, 0.717) is 11.4 Å². The maximum Gasteiger partial charge on any atom is 2.00 e. The van der Waals surface area contributed by atoms with Crippen LogP contribution in [0.3, 0.4) is 0 Å². The fraction of sp³-hybridized carbons (Fsp3) is 0.0556. The first-order valence-corrected chi connectivity index (χ1v) is 13.5. The minimum Gasteiger partial charge on any atom is -0.872 e. The van der Waals surface area contributed by atoms with Gasteiger partial charge in [0.1, 0.15) is 11.5 Å². The van der Waals surface area contributed by atoms with Crippen molar-refractivity contribution in [3.8, 4) is 11.5 Å². The number of ether oxygens (including phenoxy) is 2. The number of anilines is 2. The van der Waals surface area contributed by atoms with Crippen LogP contribution in [0.1, 0.15) is 11.1 Å². The Morgan fingerprint density at radius 1 is 0.556 bits per heavy atom. The summed E-state index contributed by atoms with van der Waals surface area (Å²) in [6.07, 6.45) is 8.04. The van der Waals surface area contributed by atoms with Crippen LogP contribution in [0.15, 0.2) is 145 Å². The average molecular weight is 652 g/mol. The van der Waals surface area contributed by atoms with Crippen molar-refractivity contribution in [2.75, 3.05) is 24.9 Å². The van der Waals surface area contributed by atoms with Gasteiger partial charge in [-0.15, -0.1) is 11.5 Å². The van der Waals surface area contributed by atoms with Gasteiger partial charge in [0.2, 0.25) is 11.8 Å². The maximum absolute atomic E-state index is 11.7. The van der Waals surface area contributed by atoms with Crippen molar-refractivity contribution in [2.45, 2.75) is 0 Å². The molecule has 2 amide bonds. The standard InChI is InChI=1S/2C18H17NO3.Cu/c2*1-22-17-11-8-14(9-12-17)7-10-16(20)13-18(21)19-15-5-3-2-4-6-15;/h2*2-13,20H,1H3,(H,19,21);/q;;+2/p-2/b2*10-7+,16-13-;. The van der Waals surface area contributed by atoms with Crippen molar-refractivity contribution in [2.24, 2.45) is 0 Å². The number of nitrogens with one attached hydrogen (secondary N) is 2. The van der Waals surface area contributed by atoms with Crippen LogP contribution in [0, 0.1) is 0 Å². The van der Waals surface area contributed by atoms with E-state index in [4.69, 9.17) is 9.47 Å². The predicted octanol–water partition coefficient (Wildman–Crippen LogP) is 5.18. The van der Waals surface area contributed by atoms with Crippen LogP contribution >= 0.6 is 0 Å². The summed E-state index contributed by atoms with van der Waals surface area (Å²) in [5.41, 5.74) is 3.00. The van der Waals surface area contributed by atoms with Gasteiger partial charge in [-0.05, 0) is 71.8 Å². The van der Waals surface area contributed by atoms with Crippen LogP contribution < -0.4 is 30.3 Å². The molecule has 0 atom stereocenters. The normalized spacial score (nSPS) is 11.2. The summed E-state index contributed by atoms with van der Waals surface area (Å²) in [7, 11) is 3.18. The Hall–Kier alpha value is -5.50. The summed E-state index contributed by atoms with van der Waals surface area (Å²) >= 11 is 0. The van der Waals surface area contributed by atoms with Crippen molar-refractivity contribution < 1.29 is 46.3 Å². The van der Waals surface area contributed by atoms with E-state index in [0.717, 1.165) is 34.8 Å². The van der Waals surface area contributed by atoms with Crippen LogP contribution in [-0.2, 0) is 26.7 Å². The Balaban J connectivity index is 0.000000307. The molecule has 0 fully saturated rings. The molecule has 4 aromatic rings. The summed E-state index contributed by atoms with van der Waals surface area (Å²) in [5, 5.41) is 28.7. The quantitative estimate of drug-likeness (QED) is 0.105. The number of hydrogen-bond acceptors (Lipinski definition) is 6. The van der Waals surface area contributed by atoms with Gasteiger partial charge >= 0.3 is 17.1 Å². The number of carbonyl (C=O) groups excluding carboxylic acids is 2. The molecule has 0 bridgehead atoms. The first-order valence-electron chi connectivity index (χ1n) is 13.5. The van der Waals surface area contributed by atoms with Crippen molar-refractivity contribution in [1.29, 1.82) is 0 Å². The van der Waals surface area contributed by atoms with Crippen LogP contribution in [0.4, 0.5) is 11.4 Å². The van der Waals surface area contributed by atoms with Gasteiger partial charge in [0, 0.05) is 11.4 Å². The van der Waals surface area contributed by atoms with Gasteiger partial charge in [0.15, 0.2) is 0 Å². The molecule has 1 radical (unpaired) electrons. The molecule has 0 saturated carbocycles. The van der Waals surface area contributed by atoms with Gasteiger partial charge in [0.05, 0.1) is 14.2 Å². The van der Waals surface area contributed by atoms with Crippen LogP contribution in [0.2, 0.25) is 0 Å². The fourth-order valence-electron chi connectivity index (χ4n) is 3.54. The molecule has 9 heteroatoms. The Morgan fingerprint density at radius 2 is 0.889 bits per heavy atom. The topological polar surface area (TPSA) is 123 Å². The number of allylic oxidation sites excluding steroid dienone is 2. The molecule has 0 heterocycles. The number of methoxy groups -OCH3 is 2. The van der Waals surface area contributed by atoms with E-state index in [1.807, 2.05) is 36.4 Å². The second-order valence-corrected chi connectivity index (χ2v) is 9.02. The Morgan fingerprint density at radius 3 is 1.20 bits per heavy atom. The molecular formula is C36H32CuN2O6. The first-order chi connectivity index (χ1) is 21.3. The largest absolute Gasteiger partial charge is 2.00 e. The number of para-hydroxylation sites is 2. The molecule has 0 aromatic heterocycles. The van der Waals surface area contributed by atoms with E-state index < -0.39 is 11.8 Å². The molecular weight excluding hydrogens is 620 g/mol. The summed E-state index contributed by atoms with van der Waals surface area (Å²) in [4.78, 5) is 23.4. The van der Waals surface area contributed by atoms with Gasteiger partial charge in [-0.25, -0.2) is 0 Å². The molecule has 0 aliphatic carbocycles. The van der Waals surface area contributed by atoms with Gasteiger partial charge in [-0.2, -0.15) is 0 Å². The Labute approximate surface area is 273 Å². The van der Waals surface area contributed by atoms with Gasteiger partial charge < -0.3 is 30.3 Å². The average Bonchev–Trinajstić information content (AvgIpc) is 3.04. The second-order valence-electron chi connectivity index (χ2n) is 9.02. The molecule has 45 heavy (non-hydrogen) atoms. The van der Waals surface area contributed by atoms with E-state index in [9.17, 15) is 19.8 Å². The number of rotatable bonds is 10.